The fourth-order valence-corrected chi connectivity index (χ4v) is 4.02. The second kappa shape index (κ2) is 11.1. The first-order valence-electron chi connectivity index (χ1n) is 11.1. The number of benzene rings is 3. The SMILES string of the molecule is Cc1cc(OC(F)(F)F)cc2c(C(=O)Cc3ccc(Cl)cc3OCCOCc3ccccc3)c[nH]c12. The molecular weight excluding hydrogens is 495 g/mol. The summed E-state index contributed by atoms with van der Waals surface area (Å²) in [7, 11) is 0. The standard InChI is InChI=1S/C27H23ClF3NO4/c1-17-11-21(36-27(29,30)31)14-22-23(15-32-26(17)22)24(33)12-19-7-8-20(28)13-25(19)35-10-9-34-16-18-5-3-2-4-6-18/h2-8,11,13-15,32H,9-10,12,16H2,1H3. The average molecular weight is 518 g/mol. The van der Waals surface area contributed by atoms with Crippen LogP contribution in [0.1, 0.15) is 27.0 Å². The number of ketones is 1. The van der Waals surface area contributed by atoms with Crippen molar-refractivity contribution in [2.75, 3.05) is 13.2 Å². The van der Waals surface area contributed by atoms with Crippen molar-refractivity contribution < 1.29 is 32.2 Å². The lowest BCUT2D eigenvalue weighted by Crippen LogP contribution is -2.17. The maximum Gasteiger partial charge on any atom is 0.573 e. The molecule has 0 fully saturated rings. The zero-order valence-electron chi connectivity index (χ0n) is 19.3. The lowest BCUT2D eigenvalue weighted by atomic mass is 10.0. The van der Waals surface area contributed by atoms with Gasteiger partial charge < -0.3 is 19.2 Å². The smallest absolute Gasteiger partial charge is 0.491 e. The molecule has 9 heteroatoms. The summed E-state index contributed by atoms with van der Waals surface area (Å²) in [6, 6.07) is 17.2. The molecule has 4 rings (SSSR count). The zero-order chi connectivity index (χ0) is 25.7. The van der Waals surface area contributed by atoms with E-state index in [4.69, 9.17) is 21.1 Å². The van der Waals surface area contributed by atoms with Crippen molar-refractivity contribution in [1.82, 2.24) is 4.98 Å². The Morgan fingerprint density at radius 3 is 2.56 bits per heavy atom. The van der Waals surface area contributed by atoms with E-state index in [0.717, 1.165) is 5.56 Å². The molecule has 4 aromatic rings. The van der Waals surface area contributed by atoms with Crippen LogP contribution in [0.4, 0.5) is 13.2 Å². The van der Waals surface area contributed by atoms with Gasteiger partial charge in [0.2, 0.25) is 0 Å². The topological polar surface area (TPSA) is 60.6 Å². The Kier molecular flexibility index (Phi) is 7.86. The number of fused-ring (bicyclic) bond motifs is 1. The largest absolute Gasteiger partial charge is 0.573 e. The molecule has 0 spiro atoms. The molecule has 1 heterocycles. The van der Waals surface area contributed by atoms with Gasteiger partial charge in [0.15, 0.2) is 5.78 Å². The van der Waals surface area contributed by atoms with Gasteiger partial charge in [-0.2, -0.15) is 0 Å². The number of hydrogen-bond acceptors (Lipinski definition) is 4. The van der Waals surface area contributed by atoms with E-state index in [0.29, 0.717) is 46.0 Å². The molecule has 0 amide bonds. The number of Topliss-reactive ketones (excluding diaryl/α,β-unsaturated/α-hetero) is 1. The third kappa shape index (κ3) is 6.59. The summed E-state index contributed by atoms with van der Waals surface area (Å²) in [6.07, 6.45) is -3.38. The van der Waals surface area contributed by atoms with E-state index in [-0.39, 0.29) is 30.1 Å². The van der Waals surface area contributed by atoms with Crippen molar-refractivity contribution in [2.24, 2.45) is 0 Å². The Morgan fingerprint density at radius 1 is 1.03 bits per heavy atom. The second-order valence-electron chi connectivity index (χ2n) is 8.15. The molecule has 0 aliphatic heterocycles. The van der Waals surface area contributed by atoms with Crippen LogP contribution in [-0.2, 0) is 17.8 Å². The highest BCUT2D eigenvalue weighted by Crippen LogP contribution is 2.32. The molecule has 0 saturated carbocycles. The lowest BCUT2D eigenvalue weighted by Gasteiger charge is -2.13. The normalized spacial score (nSPS) is 11.6. The zero-order valence-corrected chi connectivity index (χ0v) is 20.1. The van der Waals surface area contributed by atoms with Crippen LogP contribution in [0.3, 0.4) is 0 Å². The molecule has 0 aliphatic carbocycles. The molecule has 36 heavy (non-hydrogen) atoms. The number of aromatic amines is 1. The van der Waals surface area contributed by atoms with Crippen molar-refractivity contribution >= 4 is 28.3 Å². The van der Waals surface area contributed by atoms with Crippen molar-refractivity contribution in [3.63, 3.8) is 0 Å². The van der Waals surface area contributed by atoms with Gasteiger partial charge in [0.1, 0.15) is 18.1 Å². The minimum atomic E-state index is -4.83. The third-order valence-corrected chi connectivity index (χ3v) is 5.71. The van der Waals surface area contributed by atoms with Gasteiger partial charge in [-0.1, -0.05) is 48.0 Å². The molecule has 0 aliphatic rings. The predicted molar refractivity (Wildman–Crippen MR) is 131 cm³/mol. The molecule has 188 valence electrons. The highest BCUT2D eigenvalue weighted by Gasteiger charge is 2.31. The average Bonchev–Trinajstić information content (AvgIpc) is 3.24. The fraction of sp³-hybridized carbons (Fsp3) is 0.222. The molecule has 0 atom stereocenters. The second-order valence-corrected chi connectivity index (χ2v) is 8.59. The van der Waals surface area contributed by atoms with E-state index in [1.165, 1.54) is 18.3 Å². The Bertz CT molecular complexity index is 1350. The molecule has 0 saturated heterocycles. The van der Waals surface area contributed by atoms with Crippen LogP contribution in [0.15, 0.2) is 66.9 Å². The maximum atomic E-state index is 13.2. The van der Waals surface area contributed by atoms with Crippen LogP contribution in [-0.4, -0.2) is 30.3 Å². The van der Waals surface area contributed by atoms with Crippen molar-refractivity contribution in [1.29, 1.82) is 0 Å². The predicted octanol–water partition coefficient (Wildman–Crippen LogP) is 7.05. The van der Waals surface area contributed by atoms with Crippen LogP contribution in [0.2, 0.25) is 5.02 Å². The molecule has 1 N–H and O–H groups in total. The minimum absolute atomic E-state index is 0.0340. The Labute approximate surface area is 210 Å². The Hall–Kier alpha value is -3.49. The van der Waals surface area contributed by atoms with Crippen LogP contribution < -0.4 is 9.47 Å². The monoisotopic (exact) mass is 517 g/mol. The first-order chi connectivity index (χ1) is 17.2. The Morgan fingerprint density at radius 2 is 1.81 bits per heavy atom. The molecule has 5 nitrogen and oxygen atoms in total. The lowest BCUT2D eigenvalue weighted by molar-refractivity contribution is -0.274. The minimum Gasteiger partial charge on any atom is -0.491 e. The summed E-state index contributed by atoms with van der Waals surface area (Å²) < 4.78 is 53.7. The third-order valence-electron chi connectivity index (χ3n) is 5.47. The Balaban J connectivity index is 1.46. The van der Waals surface area contributed by atoms with E-state index in [1.807, 2.05) is 30.3 Å². The number of carbonyl (C=O) groups is 1. The summed E-state index contributed by atoms with van der Waals surface area (Å²) in [5, 5.41) is 0.799. The maximum absolute atomic E-state index is 13.2. The quantitative estimate of drug-likeness (QED) is 0.181. The first-order valence-corrected chi connectivity index (χ1v) is 11.5. The number of aryl methyl sites for hydroxylation is 1. The molecule has 0 unspecified atom stereocenters. The number of carbonyl (C=O) groups excluding carboxylic acids is 1. The van der Waals surface area contributed by atoms with Crippen molar-refractivity contribution in [3.8, 4) is 11.5 Å². The van der Waals surface area contributed by atoms with E-state index < -0.39 is 6.36 Å². The molecule has 0 radical (unpaired) electrons. The highest BCUT2D eigenvalue weighted by molar-refractivity contribution is 6.30. The number of H-pyrrole nitrogens is 1. The van der Waals surface area contributed by atoms with E-state index in [9.17, 15) is 18.0 Å². The van der Waals surface area contributed by atoms with Gasteiger partial charge in [-0.05, 0) is 42.3 Å². The van der Waals surface area contributed by atoms with Crippen LogP contribution in [0.25, 0.3) is 10.9 Å². The van der Waals surface area contributed by atoms with Gasteiger partial charge in [-0.15, -0.1) is 13.2 Å². The van der Waals surface area contributed by atoms with Crippen molar-refractivity contribution in [2.45, 2.75) is 26.3 Å². The first kappa shape index (κ1) is 25.6. The van der Waals surface area contributed by atoms with Gasteiger partial charge in [-0.3, -0.25) is 4.79 Å². The molecular formula is C27H23ClF3NO4. The van der Waals surface area contributed by atoms with Crippen LogP contribution in [0, 0.1) is 6.92 Å². The van der Waals surface area contributed by atoms with E-state index >= 15 is 0 Å². The number of nitrogens with one attached hydrogen (secondary N) is 1. The van der Waals surface area contributed by atoms with Crippen LogP contribution in [0.5, 0.6) is 11.5 Å². The summed E-state index contributed by atoms with van der Waals surface area (Å²) in [5.41, 5.74) is 2.99. The summed E-state index contributed by atoms with van der Waals surface area (Å²) >= 11 is 6.13. The van der Waals surface area contributed by atoms with E-state index in [1.54, 1.807) is 25.1 Å². The van der Waals surface area contributed by atoms with Crippen LogP contribution >= 0.6 is 11.6 Å². The fourth-order valence-electron chi connectivity index (χ4n) is 3.86. The van der Waals surface area contributed by atoms with Gasteiger partial charge >= 0.3 is 6.36 Å². The molecule has 3 aromatic carbocycles. The summed E-state index contributed by atoms with van der Waals surface area (Å²) in [4.78, 5) is 16.1. The number of rotatable bonds is 10. The number of hydrogen-bond donors (Lipinski definition) is 1. The summed E-state index contributed by atoms with van der Waals surface area (Å²) in [5.74, 6) is -0.235. The number of halogens is 4. The van der Waals surface area contributed by atoms with Gasteiger partial charge in [-0.25, -0.2) is 0 Å². The highest BCUT2D eigenvalue weighted by atomic mass is 35.5. The van der Waals surface area contributed by atoms with E-state index in [2.05, 4.69) is 9.72 Å². The number of ether oxygens (including phenoxy) is 3. The van der Waals surface area contributed by atoms with Gasteiger partial charge in [0.05, 0.1) is 13.2 Å². The van der Waals surface area contributed by atoms with Crippen molar-refractivity contribution in [3.05, 3.63) is 94.1 Å². The molecule has 1 aromatic heterocycles. The number of aromatic nitrogens is 1. The summed E-state index contributed by atoms with van der Waals surface area (Å²) in [6.45, 7) is 2.67. The number of alkyl halides is 3. The van der Waals surface area contributed by atoms with Gasteiger partial charge in [0.25, 0.3) is 0 Å². The van der Waals surface area contributed by atoms with Gasteiger partial charge in [0, 0.05) is 39.7 Å². The molecule has 0 bridgehead atoms.